The van der Waals surface area contributed by atoms with Gasteiger partial charge in [0.15, 0.2) is 0 Å². The largest absolute Gasteiger partial charge is 0.355 e. The molecule has 1 N–H and O–H groups in total. The van der Waals surface area contributed by atoms with Crippen molar-refractivity contribution in [3.05, 3.63) is 84.4 Å². The minimum Gasteiger partial charge on any atom is -0.355 e. The molecule has 1 nitrogen and oxygen atoms in total. The Balaban J connectivity index is 2.06. The van der Waals surface area contributed by atoms with Crippen LogP contribution in [0.3, 0.4) is 0 Å². The van der Waals surface area contributed by atoms with Crippen LogP contribution in [0.25, 0.3) is 11.1 Å². The maximum absolute atomic E-state index is 3.51. The molecule has 0 saturated carbocycles. The van der Waals surface area contributed by atoms with Crippen LogP contribution in [0.15, 0.2) is 78.9 Å². The summed E-state index contributed by atoms with van der Waals surface area (Å²) in [4.78, 5) is 0. The number of rotatable bonds is 3. The lowest BCUT2D eigenvalue weighted by atomic mass is 9.98. The Morgan fingerprint density at radius 2 is 1.30 bits per heavy atom. The molecule has 0 heterocycles. The zero-order valence-electron chi connectivity index (χ0n) is 11.5. The highest BCUT2D eigenvalue weighted by atomic mass is 14.9. The molecule has 0 fully saturated rings. The van der Waals surface area contributed by atoms with Crippen molar-refractivity contribution in [3.8, 4) is 11.1 Å². The van der Waals surface area contributed by atoms with Gasteiger partial charge in [0.2, 0.25) is 0 Å². The van der Waals surface area contributed by atoms with Crippen molar-refractivity contribution < 1.29 is 0 Å². The first-order valence-corrected chi connectivity index (χ1v) is 6.82. The van der Waals surface area contributed by atoms with Crippen molar-refractivity contribution in [2.45, 2.75) is 6.92 Å². The molecule has 0 aliphatic carbocycles. The summed E-state index contributed by atoms with van der Waals surface area (Å²) >= 11 is 0. The molecule has 3 aromatic carbocycles. The molecule has 0 aliphatic rings. The van der Waals surface area contributed by atoms with Crippen molar-refractivity contribution in [1.82, 2.24) is 0 Å². The average Bonchev–Trinajstić information content (AvgIpc) is 2.49. The fraction of sp³-hybridized carbons (Fsp3) is 0.0526. The number of anilines is 2. The second kappa shape index (κ2) is 5.62. The quantitative estimate of drug-likeness (QED) is 0.663. The molecule has 0 spiro atoms. The normalized spacial score (nSPS) is 10.2. The topological polar surface area (TPSA) is 12.0 Å². The molecule has 3 aromatic rings. The lowest BCUT2D eigenvalue weighted by Crippen LogP contribution is -1.95. The van der Waals surface area contributed by atoms with Crippen LogP contribution in [-0.4, -0.2) is 0 Å². The fourth-order valence-electron chi connectivity index (χ4n) is 2.44. The highest BCUT2D eigenvalue weighted by Crippen LogP contribution is 2.32. The summed E-state index contributed by atoms with van der Waals surface area (Å²) in [7, 11) is 0. The van der Waals surface area contributed by atoms with Crippen molar-refractivity contribution in [1.29, 1.82) is 0 Å². The van der Waals surface area contributed by atoms with Gasteiger partial charge in [0.05, 0.1) is 0 Å². The standard InChI is InChI=1S/C19H17N/c1-15-9-8-14-18(20-17-12-6-3-7-13-17)19(15)16-10-4-2-5-11-16/h2-14,20H,1H3. The number of nitrogens with one attached hydrogen (secondary N) is 1. The summed E-state index contributed by atoms with van der Waals surface area (Å²) in [5.41, 5.74) is 6.02. The summed E-state index contributed by atoms with van der Waals surface area (Å²) in [6.07, 6.45) is 0. The molecular weight excluding hydrogens is 242 g/mol. The van der Waals surface area contributed by atoms with E-state index in [2.05, 4.69) is 66.8 Å². The van der Waals surface area contributed by atoms with Gasteiger partial charge in [-0.25, -0.2) is 0 Å². The van der Waals surface area contributed by atoms with Crippen LogP contribution in [0.1, 0.15) is 5.56 Å². The molecule has 20 heavy (non-hydrogen) atoms. The third-order valence-corrected chi connectivity index (χ3v) is 3.39. The van der Waals surface area contributed by atoms with E-state index in [9.17, 15) is 0 Å². The number of hydrogen-bond acceptors (Lipinski definition) is 1. The van der Waals surface area contributed by atoms with Crippen LogP contribution in [0.2, 0.25) is 0 Å². The van der Waals surface area contributed by atoms with Gasteiger partial charge in [-0.2, -0.15) is 0 Å². The van der Waals surface area contributed by atoms with E-state index < -0.39 is 0 Å². The van der Waals surface area contributed by atoms with E-state index in [4.69, 9.17) is 0 Å². The summed E-state index contributed by atoms with van der Waals surface area (Å²) < 4.78 is 0. The van der Waals surface area contributed by atoms with Crippen LogP contribution in [0, 0.1) is 6.92 Å². The van der Waals surface area contributed by atoms with Gasteiger partial charge in [-0.1, -0.05) is 60.7 Å². The van der Waals surface area contributed by atoms with E-state index >= 15 is 0 Å². The summed E-state index contributed by atoms with van der Waals surface area (Å²) in [6, 6.07) is 27.1. The van der Waals surface area contributed by atoms with E-state index in [-0.39, 0.29) is 0 Å². The predicted octanol–water partition coefficient (Wildman–Crippen LogP) is 5.41. The van der Waals surface area contributed by atoms with Crippen molar-refractivity contribution in [3.63, 3.8) is 0 Å². The average molecular weight is 259 g/mol. The van der Waals surface area contributed by atoms with Gasteiger partial charge in [0.25, 0.3) is 0 Å². The molecule has 0 aromatic heterocycles. The van der Waals surface area contributed by atoms with Gasteiger partial charge in [-0.3, -0.25) is 0 Å². The van der Waals surface area contributed by atoms with Crippen LogP contribution in [-0.2, 0) is 0 Å². The Hall–Kier alpha value is -2.54. The Morgan fingerprint density at radius 1 is 0.650 bits per heavy atom. The lowest BCUT2D eigenvalue weighted by molar-refractivity contribution is 1.44. The number of benzene rings is 3. The third-order valence-electron chi connectivity index (χ3n) is 3.39. The molecule has 0 atom stereocenters. The molecule has 0 amide bonds. The van der Waals surface area contributed by atoms with Gasteiger partial charge < -0.3 is 5.32 Å². The monoisotopic (exact) mass is 259 g/mol. The zero-order chi connectivity index (χ0) is 13.8. The summed E-state index contributed by atoms with van der Waals surface area (Å²) in [6.45, 7) is 2.15. The first kappa shape index (κ1) is 12.5. The van der Waals surface area contributed by atoms with E-state index in [0.29, 0.717) is 0 Å². The molecule has 0 bridgehead atoms. The minimum atomic E-state index is 1.11. The van der Waals surface area contributed by atoms with Crippen LogP contribution < -0.4 is 5.32 Å². The second-order valence-corrected chi connectivity index (χ2v) is 4.85. The highest BCUT2D eigenvalue weighted by molar-refractivity contribution is 5.83. The van der Waals surface area contributed by atoms with E-state index in [1.165, 1.54) is 16.7 Å². The summed E-state index contributed by atoms with van der Waals surface area (Å²) in [5, 5.41) is 3.51. The van der Waals surface area contributed by atoms with E-state index in [0.717, 1.165) is 11.4 Å². The Bertz CT molecular complexity index is 687. The van der Waals surface area contributed by atoms with Gasteiger partial charge >= 0.3 is 0 Å². The van der Waals surface area contributed by atoms with Crippen molar-refractivity contribution >= 4 is 11.4 Å². The maximum Gasteiger partial charge on any atom is 0.0466 e. The molecule has 98 valence electrons. The van der Waals surface area contributed by atoms with Gasteiger partial charge in [0.1, 0.15) is 0 Å². The molecule has 0 aliphatic heterocycles. The van der Waals surface area contributed by atoms with E-state index in [1.54, 1.807) is 0 Å². The maximum atomic E-state index is 3.51. The molecular formula is C19H17N. The Labute approximate surface area is 119 Å². The van der Waals surface area contributed by atoms with Crippen molar-refractivity contribution in [2.75, 3.05) is 5.32 Å². The molecule has 1 heteroatoms. The predicted molar refractivity (Wildman–Crippen MR) is 86.3 cm³/mol. The number of para-hydroxylation sites is 1. The van der Waals surface area contributed by atoms with Crippen LogP contribution in [0.4, 0.5) is 11.4 Å². The molecule has 3 rings (SSSR count). The smallest absolute Gasteiger partial charge is 0.0466 e. The minimum absolute atomic E-state index is 1.11. The number of hydrogen-bond donors (Lipinski definition) is 1. The first-order chi connectivity index (χ1) is 9.84. The molecule has 0 radical (unpaired) electrons. The van der Waals surface area contributed by atoms with Gasteiger partial charge in [0, 0.05) is 16.9 Å². The Kier molecular flexibility index (Phi) is 3.51. The van der Waals surface area contributed by atoms with Crippen molar-refractivity contribution in [2.24, 2.45) is 0 Å². The zero-order valence-corrected chi connectivity index (χ0v) is 11.5. The summed E-state index contributed by atoms with van der Waals surface area (Å²) in [5.74, 6) is 0. The SMILES string of the molecule is Cc1cccc(Nc2ccccc2)c1-c1ccccc1. The first-order valence-electron chi connectivity index (χ1n) is 6.82. The van der Waals surface area contributed by atoms with Gasteiger partial charge in [-0.05, 0) is 36.2 Å². The molecule has 0 saturated heterocycles. The third kappa shape index (κ3) is 2.57. The Morgan fingerprint density at radius 3 is 2.00 bits per heavy atom. The second-order valence-electron chi connectivity index (χ2n) is 4.85. The highest BCUT2D eigenvalue weighted by Gasteiger charge is 2.07. The lowest BCUT2D eigenvalue weighted by Gasteiger charge is -2.15. The fourth-order valence-corrected chi connectivity index (χ4v) is 2.44. The molecule has 0 unspecified atom stereocenters. The van der Waals surface area contributed by atoms with Crippen LogP contribution in [0.5, 0.6) is 0 Å². The van der Waals surface area contributed by atoms with Crippen LogP contribution >= 0.6 is 0 Å². The van der Waals surface area contributed by atoms with Gasteiger partial charge in [-0.15, -0.1) is 0 Å². The van der Waals surface area contributed by atoms with E-state index in [1.807, 2.05) is 24.3 Å². The number of aryl methyl sites for hydroxylation is 1.